The first-order chi connectivity index (χ1) is 16.4. The smallest absolute Gasteiger partial charge is 0.407 e. The summed E-state index contributed by atoms with van der Waals surface area (Å²) in [7, 11) is 1.39. The van der Waals surface area contributed by atoms with Crippen LogP contribution in [0.15, 0.2) is 60.7 Å². The van der Waals surface area contributed by atoms with Crippen LogP contribution in [0.5, 0.6) is 11.5 Å². The number of amides is 1. The van der Waals surface area contributed by atoms with Gasteiger partial charge < -0.3 is 24.6 Å². The van der Waals surface area contributed by atoms with Crippen molar-refractivity contribution in [1.29, 1.82) is 0 Å². The van der Waals surface area contributed by atoms with Gasteiger partial charge in [-0.15, -0.1) is 0 Å². The number of alkyl carbamates (subject to hydrolysis) is 1. The van der Waals surface area contributed by atoms with E-state index < -0.39 is 30.2 Å². The molecule has 1 amide bonds. The molecular formula is C25H23F2NO6. The number of carbonyl (C=O) groups excluding carboxylic acids is 1. The van der Waals surface area contributed by atoms with Gasteiger partial charge in [-0.25, -0.2) is 13.6 Å². The highest BCUT2D eigenvalue weighted by Crippen LogP contribution is 2.33. The fourth-order valence-corrected chi connectivity index (χ4v) is 3.16. The van der Waals surface area contributed by atoms with Gasteiger partial charge in [0.2, 0.25) is 0 Å². The zero-order chi connectivity index (χ0) is 24.5. The lowest BCUT2D eigenvalue weighted by Gasteiger charge is -2.11. The second kappa shape index (κ2) is 11.6. The van der Waals surface area contributed by atoms with Gasteiger partial charge in [-0.05, 0) is 34.9 Å². The first kappa shape index (κ1) is 24.5. The number of benzene rings is 3. The maximum atomic E-state index is 13.7. The predicted octanol–water partition coefficient (Wildman–Crippen LogP) is 4.57. The van der Waals surface area contributed by atoms with Crippen LogP contribution in [0.25, 0.3) is 11.1 Å². The van der Waals surface area contributed by atoms with E-state index in [4.69, 9.17) is 19.3 Å². The molecule has 0 unspecified atom stereocenters. The van der Waals surface area contributed by atoms with Crippen LogP contribution in [0.3, 0.4) is 0 Å². The summed E-state index contributed by atoms with van der Waals surface area (Å²) in [6.07, 6.45) is -0.328. The summed E-state index contributed by atoms with van der Waals surface area (Å²) in [5.74, 6) is -2.26. The van der Waals surface area contributed by atoms with E-state index in [9.17, 15) is 18.4 Å². The highest BCUT2D eigenvalue weighted by molar-refractivity contribution is 5.76. The van der Waals surface area contributed by atoms with Crippen molar-refractivity contribution in [3.05, 3.63) is 83.4 Å². The van der Waals surface area contributed by atoms with E-state index >= 15 is 0 Å². The number of carboxylic acids is 1. The number of hydrogen-bond donors (Lipinski definition) is 2. The summed E-state index contributed by atoms with van der Waals surface area (Å²) in [4.78, 5) is 21.8. The van der Waals surface area contributed by atoms with Gasteiger partial charge in [0.15, 0.2) is 11.6 Å². The van der Waals surface area contributed by atoms with Gasteiger partial charge in [0.05, 0.1) is 13.7 Å². The Kier molecular flexibility index (Phi) is 8.39. The zero-order valence-corrected chi connectivity index (χ0v) is 18.3. The Hall–Kier alpha value is -4.14. The average molecular weight is 471 g/mol. The molecule has 9 heteroatoms. The third-order valence-corrected chi connectivity index (χ3v) is 4.81. The Morgan fingerprint density at radius 2 is 1.68 bits per heavy atom. The average Bonchev–Trinajstić information content (AvgIpc) is 2.83. The van der Waals surface area contributed by atoms with Gasteiger partial charge in [-0.1, -0.05) is 36.4 Å². The van der Waals surface area contributed by atoms with E-state index in [-0.39, 0.29) is 12.4 Å². The minimum atomic E-state index is -1.15. The van der Waals surface area contributed by atoms with Crippen LogP contribution in [0.1, 0.15) is 11.1 Å². The second-order valence-electron chi connectivity index (χ2n) is 7.23. The molecule has 2 N–H and O–H groups in total. The molecule has 0 aromatic heterocycles. The molecule has 7 nitrogen and oxygen atoms in total. The van der Waals surface area contributed by atoms with Crippen LogP contribution >= 0.6 is 0 Å². The molecule has 0 aliphatic rings. The molecule has 3 rings (SSSR count). The lowest BCUT2D eigenvalue weighted by molar-refractivity contribution is -0.135. The van der Waals surface area contributed by atoms with E-state index in [1.165, 1.54) is 7.11 Å². The van der Waals surface area contributed by atoms with Crippen LogP contribution < -0.4 is 14.8 Å². The molecule has 0 atom stereocenters. The van der Waals surface area contributed by atoms with Gasteiger partial charge in [-0.3, -0.25) is 4.79 Å². The van der Waals surface area contributed by atoms with Crippen LogP contribution in [-0.2, 0) is 22.6 Å². The van der Waals surface area contributed by atoms with Crippen molar-refractivity contribution in [3.63, 3.8) is 0 Å². The molecular weight excluding hydrogens is 448 g/mol. The maximum Gasteiger partial charge on any atom is 0.407 e. The van der Waals surface area contributed by atoms with Gasteiger partial charge in [0, 0.05) is 18.1 Å². The number of halogens is 2. The number of aliphatic carboxylic acids is 1. The molecule has 3 aromatic rings. The lowest BCUT2D eigenvalue weighted by atomic mass is 10.0. The van der Waals surface area contributed by atoms with E-state index in [2.05, 4.69) is 5.32 Å². The van der Waals surface area contributed by atoms with Crippen LogP contribution in [0.4, 0.5) is 13.6 Å². The van der Waals surface area contributed by atoms with Crippen molar-refractivity contribution >= 4 is 12.1 Å². The third kappa shape index (κ3) is 6.93. The molecule has 0 aliphatic heterocycles. The highest BCUT2D eigenvalue weighted by atomic mass is 19.2. The van der Waals surface area contributed by atoms with Gasteiger partial charge in [0.25, 0.3) is 0 Å². The minimum absolute atomic E-state index is 0.102. The van der Waals surface area contributed by atoms with E-state index in [1.807, 2.05) is 24.3 Å². The fourth-order valence-electron chi connectivity index (χ4n) is 3.16. The normalized spacial score (nSPS) is 10.4. The van der Waals surface area contributed by atoms with E-state index in [0.29, 0.717) is 29.9 Å². The summed E-state index contributed by atoms with van der Waals surface area (Å²) in [6, 6.07) is 16.6. The van der Waals surface area contributed by atoms with Crippen LogP contribution in [0.2, 0.25) is 0 Å². The third-order valence-electron chi connectivity index (χ3n) is 4.81. The molecule has 0 saturated heterocycles. The zero-order valence-electron chi connectivity index (χ0n) is 18.3. The predicted molar refractivity (Wildman–Crippen MR) is 120 cm³/mol. The highest BCUT2D eigenvalue weighted by Gasteiger charge is 2.12. The summed E-state index contributed by atoms with van der Waals surface area (Å²) < 4.78 is 43.1. The number of carbonyl (C=O) groups is 2. The molecule has 3 aromatic carbocycles. The topological polar surface area (TPSA) is 94.1 Å². The molecule has 178 valence electrons. The van der Waals surface area contributed by atoms with Gasteiger partial charge >= 0.3 is 12.1 Å². The largest absolute Gasteiger partial charge is 0.496 e. The van der Waals surface area contributed by atoms with Crippen molar-refractivity contribution in [2.45, 2.75) is 13.0 Å². The number of hydrogen-bond acceptors (Lipinski definition) is 5. The number of rotatable bonds is 10. The Bertz CT molecular complexity index is 1150. The summed E-state index contributed by atoms with van der Waals surface area (Å²) in [5.41, 5.74) is 2.91. The molecule has 0 saturated carbocycles. The fraction of sp³-hybridized carbons (Fsp3) is 0.200. The van der Waals surface area contributed by atoms with Crippen molar-refractivity contribution in [3.8, 4) is 22.6 Å². The van der Waals surface area contributed by atoms with E-state index in [0.717, 1.165) is 23.3 Å². The van der Waals surface area contributed by atoms with Gasteiger partial charge in [-0.2, -0.15) is 0 Å². The first-order valence-corrected chi connectivity index (χ1v) is 10.3. The Balaban J connectivity index is 1.55. The second-order valence-corrected chi connectivity index (χ2v) is 7.23. The Labute approximate surface area is 194 Å². The van der Waals surface area contributed by atoms with Crippen molar-refractivity contribution in [1.82, 2.24) is 5.32 Å². The van der Waals surface area contributed by atoms with Crippen molar-refractivity contribution in [2.75, 3.05) is 20.3 Å². The molecule has 0 heterocycles. The monoisotopic (exact) mass is 471 g/mol. The SMILES string of the molecule is COc1cc(F)c(F)cc1-c1ccc(OCc2cccc(CCOC(=O)NCC(=O)O)c2)cc1. The maximum absolute atomic E-state index is 13.7. The van der Waals surface area contributed by atoms with Crippen molar-refractivity contribution in [2.24, 2.45) is 0 Å². The minimum Gasteiger partial charge on any atom is -0.496 e. The van der Waals surface area contributed by atoms with E-state index in [1.54, 1.807) is 24.3 Å². The number of ether oxygens (including phenoxy) is 3. The summed E-state index contributed by atoms with van der Waals surface area (Å²) in [6.45, 7) is -0.104. The van der Waals surface area contributed by atoms with Crippen LogP contribution in [0, 0.1) is 11.6 Å². The number of carboxylic acid groups (broad SMARTS) is 1. The number of methoxy groups -OCH3 is 1. The summed E-state index contributed by atoms with van der Waals surface area (Å²) >= 11 is 0. The van der Waals surface area contributed by atoms with Crippen molar-refractivity contribution < 1.29 is 37.7 Å². The van der Waals surface area contributed by atoms with Crippen LogP contribution in [-0.4, -0.2) is 37.4 Å². The molecule has 34 heavy (non-hydrogen) atoms. The molecule has 0 bridgehead atoms. The molecule has 0 aliphatic carbocycles. The molecule has 0 fully saturated rings. The lowest BCUT2D eigenvalue weighted by Crippen LogP contribution is -2.30. The Morgan fingerprint density at radius 3 is 2.38 bits per heavy atom. The standard InChI is InChI=1S/C25H23F2NO6/c1-32-23-13-22(27)21(26)12-20(23)18-5-7-19(8-6-18)34-15-17-4-2-3-16(11-17)9-10-33-25(31)28-14-24(29)30/h2-8,11-13H,9-10,14-15H2,1H3,(H,28,31)(H,29,30). The van der Waals surface area contributed by atoms with Gasteiger partial charge in [0.1, 0.15) is 24.7 Å². The number of nitrogens with one attached hydrogen (secondary N) is 1. The summed E-state index contributed by atoms with van der Waals surface area (Å²) in [5, 5.41) is 10.6. The first-order valence-electron chi connectivity index (χ1n) is 10.3. The Morgan fingerprint density at radius 1 is 0.971 bits per heavy atom. The quantitative estimate of drug-likeness (QED) is 0.450. The molecule has 0 radical (unpaired) electrons. The molecule has 0 spiro atoms.